The van der Waals surface area contributed by atoms with Crippen molar-refractivity contribution in [1.29, 1.82) is 0 Å². The maximum Gasteiger partial charge on any atom is 0.312 e. The fraction of sp³-hybridized carbons (Fsp3) is 0.800. The highest BCUT2D eigenvalue weighted by Gasteiger charge is 2.28. The molecule has 0 heterocycles. The van der Waals surface area contributed by atoms with Crippen molar-refractivity contribution in [1.82, 2.24) is 4.90 Å². The molecule has 1 amide bonds. The number of rotatable bonds is 5. The Balaban J connectivity index is 2.47. The lowest BCUT2D eigenvalue weighted by Gasteiger charge is -2.26. The minimum absolute atomic E-state index is 0.0995. The van der Waals surface area contributed by atoms with Crippen LogP contribution in [0.2, 0.25) is 0 Å². The standard InChI is InChI=1S/C10H17NO3/c1-7(2)11(6-8-3-4-8)9(12)5-10(13)14/h7-8H,3-6H2,1-2H3,(H,13,14). The van der Waals surface area contributed by atoms with Crippen LogP contribution in [0.25, 0.3) is 0 Å². The molecule has 0 aliphatic heterocycles. The van der Waals surface area contributed by atoms with Gasteiger partial charge in [-0.1, -0.05) is 0 Å². The van der Waals surface area contributed by atoms with Crippen LogP contribution in [0.3, 0.4) is 0 Å². The molecule has 0 atom stereocenters. The molecule has 0 aromatic heterocycles. The summed E-state index contributed by atoms with van der Waals surface area (Å²) in [7, 11) is 0. The molecular weight excluding hydrogens is 182 g/mol. The molecule has 4 heteroatoms. The zero-order valence-corrected chi connectivity index (χ0v) is 8.69. The summed E-state index contributed by atoms with van der Waals surface area (Å²) in [5.41, 5.74) is 0. The lowest BCUT2D eigenvalue weighted by Crippen LogP contribution is -2.39. The van der Waals surface area contributed by atoms with Gasteiger partial charge in [0.1, 0.15) is 6.42 Å². The number of amides is 1. The fourth-order valence-corrected chi connectivity index (χ4v) is 1.41. The summed E-state index contributed by atoms with van der Waals surface area (Å²) in [6.07, 6.45) is 1.96. The summed E-state index contributed by atoms with van der Waals surface area (Å²) in [6, 6.07) is 0.0995. The average molecular weight is 199 g/mol. The highest BCUT2D eigenvalue weighted by atomic mass is 16.4. The Hall–Kier alpha value is -1.06. The van der Waals surface area contributed by atoms with Crippen molar-refractivity contribution in [3.05, 3.63) is 0 Å². The molecule has 1 N–H and O–H groups in total. The van der Waals surface area contributed by atoms with Gasteiger partial charge in [-0.3, -0.25) is 9.59 Å². The summed E-state index contributed by atoms with van der Waals surface area (Å²) in [5.74, 6) is -0.703. The first-order chi connectivity index (χ1) is 6.50. The van der Waals surface area contributed by atoms with Gasteiger partial charge in [0.05, 0.1) is 0 Å². The van der Waals surface area contributed by atoms with Gasteiger partial charge in [-0.25, -0.2) is 0 Å². The van der Waals surface area contributed by atoms with Crippen molar-refractivity contribution < 1.29 is 14.7 Å². The predicted octanol–water partition coefficient (Wildman–Crippen LogP) is 1.11. The molecule has 1 aliphatic rings. The highest BCUT2D eigenvalue weighted by Crippen LogP contribution is 2.30. The first-order valence-electron chi connectivity index (χ1n) is 5.02. The molecule has 80 valence electrons. The molecule has 14 heavy (non-hydrogen) atoms. The monoisotopic (exact) mass is 199 g/mol. The molecule has 0 radical (unpaired) electrons. The van der Waals surface area contributed by atoms with E-state index in [1.54, 1.807) is 4.90 Å². The van der Waals surface area contributed by atoms with Crippen LogP contribution in [0.15, 0.2) is 0 Å². The summed E-state index contributed by atoms with van der Waals surface area (Å²) in [4.78, 5) is 23.6. The lowest BCUT2D eigenvalue weighted by molar-refractivity contribution is -0.145. The van der Waals surface area contributed by atoms with Gasteiger partial charge < -0.3 is 10.0 Å². The number of carboxylic acids is 1. The van der Waals surface area contributed by atoms with E-state index in [1.165, 1.54) is 12.8 Å². The molecule has 1 rings (SSSR count). The Morgan fingerprint density at radius 3 is 2.36 bits per heavy atom. The second kappa shape index (κ2) is 4.44. The number of carbonyl (C=O) groups is 2. The van der Waals surface area contributed by atoms with E-state index >= 15 is 0 Å². The Morgan fingerprint density at radius 2 is 2.00 bits per heavy atom. The maximum atomic E-state index is 11.5. The van der Waals surface area contributed by atoms with Crippen LogP contribution < -0.4 is 0 Å². The quantitative estimate of drug-likeness (QED) is 0.675. The first kappa shape index (κ1) is 11.0. The smallest absolute Gasteiger partial charge is 0.312 e. The minimum Gasteiger partial charge on any atom is -0.481 e. The Bertz CT molecular complexity index is 234. The van der Waals surface area contributed by atoms with Crippen LogP contribution in [-0.4, -0.2) is 34.5 Å². The molecule has 1 aliphatic carbocycles. The van der Waals surface area contributed by atoms with Gasteiger partial charge in [0, 0.05) is 12.6 Å². The summed E-state index contributed by atoms with van der Waals surface area (Å²) < 4.78 is 0. The van der Waals surface area contributed by atoms with Gasteiger partial charge in [-0.15, -0.1) is 0 Å². The van der Waals surface area contributed by atoms with E-state index in [-0.39, 0.29) is 18.4 Å². The number of carbonyl (C=O) groups excluding carboxylic acids is 1. The molecule has 1 fully saturated rings. The summed E-state index contributed by atoms with van der Waals surface area (Å²) in [5, 5.41) is 8.52. The third-order valence-electron chi connectivity index (χ3n) is 2.40. The van der Waals surface area contributed by atoms with Gasteiger partial charge in [0.2, 0.25) is 5.91 Å². The average Bonchev–Trinajstić information content (AvgIpc) is 2.80. The van der Waals surface area contributed by atoms with E-state index in [2.05, 4.69) is 0 Å². The highest BCUT2D eigenvalue weighted by molar-refractivity contribution is 5.93. The Labute approximate surface area is 83.9 Å². The molecule has 1 saturated carbocycles. The number of aliphatic carboxylic acids is 1. The van der Waals surface area contributed by atoms with Crippen molar-refractivity contribution in [3.63, 3.8) is 0 Å². The molecule has 0 spiro atoms. The number of hydrogen-bond donors (Lipinski definition) is 1. The number of nitrogens with zero attached hydrogens (tertiary/aromatic N) is 1. The van der Waals surface area contributed by atoms with Crippen LogP contribution in [-0.2, 0) is 9.59 Å². The van der Waals surface area contributed by atoms with E-state index in [1.807, 2.05) is 13.8 Å². The van der Waals surface area contributed by atoms with E-state index in [0.717, 1.165) is 6.54 Å². The van der Waals surface area contributed by atoms with Crippen LogP contribution in [0, 0.1) is 5.92 Å². The van der Waals surface area contributed by atoms with E-state index in [0.29, 0.717) is 5.92 Å². The van der Waals surface area contributed by atoms with Crippen LogP contribution in [0.4, 0.5) is 0 Å². The Kier molecular flexibility index (Phi) is 3.49. The third kappa shape index (κ3) is 3.36. The first-order valence-corrected chi connectivity index (χ1v) is 5.02. The van der Waals surface area contributed by atoms with Crippen LogP contribution in [0.5, 0.6) is 0 Å². The molecule has 0 aromatic carbocycles. The molecule has 0 aromatic rings. The number of carboxylic acid groups (broad SMARTS) is 1. The molecule has 0 saturated heterocycles. The molecule has 4 nitrogen and oxygen atoms in total. The second-order valence-electron chi connectivity index (χ2n) is 4.15. The topological polar surface area (TPSA) is 57.6 Å². The van der Waals surface area contributed by atoms with E-state index < -0.39 is 5.97 Å². The van der Waals surface area contributed by atoms with Crippen molar-refractivity contribution in [2.24, 2.45) is 5.92 Å². The van der Waals surface area contributed by atoms with Gasteiger partial charge in [0.15, 0.2) is 0 Å². The van der Waals surface area contributed by atoms with E-state index in [9.17, 15) is 9.59 Å². The zero-order chi connectivity index (χ0) is 10.7. The zero-order valence-electron chi connectivity index (χ0n) is 8.69. The minimum atomic E-state index is -1.04. The normalized spacial score (nSPS) is 15.6. The van der Waals surface area contributed by atoms with Crippen LogP contribution >= 0.6 is 0 Å². The fourth-order valence-electron chi connectivity index (χ4n) is 1.41. The maximum absolute atomic E-state index is 11.5. The SMILES string of the molecule is CC(C)N(CC1CC1)C(=O)CC(=O)O. The largest absolute Gasteiger partial charge is 0.481 e. The third-order valence-corrected chi connectivity index (χ3v) is 2.40. The summed E-state index contributed by atoms with van der Waals surface area (Å²) >= 11 is 0. The van der Waals surface area contributed by atoms with E-state index in [4.69, 9.17) is 5.11 Å². The number of hydrogen-bond acceptors (Lipinski definition) is 2. The second-order valence-corrected chi connectivity index (χ2v) is 4.15. The summed E-state index contributed by atoms with van der Waals surface area (Å²) in [6.45, 7) is 4.56. The van der Waals surface area contributed by atoms with Crippen LogP contribution in [0.1, 0.15) is 33.1 Å². The molecule has 0 bridgehead atoms. The lowest BCUT2D eigenvalue weighted by atomic mass is 10.2. The van der Waals surface area contributed by atoms with Gasteiger partial charge >= 0.3 is 5.97 Å². The van der Waals surface area contributed by atoms with Crippen molar-refractivity contribution in [2.75, 3.05) is 6.54 Å². The molecular formula is C10H17NO3. The molecule has 0 unspecified atom stereocenters. The Morgan fingerprint density at radius 1 is 1.43 bits per heavy atom. The van der Waals surface area contributed by atoms with Gasteiger partial charge in [0.25, 0.3) is 0 Å². The van der Waals surface area contributed by atoms with Crippen molar-refractivity contribution in [2.45, 2.75) is 39.2 Å². The predicted molar refractivity (Wildman–Crippen MR) is 51.8 cm³/mol. The van der Waals surface area contributed by atoms with Crippen molar-refractivity contribution >= 4 is 11.9 Å². The van der Waals surface area contributed by atoms with Gasteiger partial charge in [-0.2, -0.15) is 0 Å². The van der Waals surface area contributed by atoms with Gasteiger partial charge in [-0.05, 0) is 32.6 Å². The van der Waals surface area contributed by atoms with Crippen molar-refractivity contribution in [3.8, 4) is 0 Å².